The summed E-state index contributed by atoms with van der Waals surface area (Å²) in [4.78, 5) is 47.2. The second kappa shape index (κ2) is 12.6. The number of likely N-dealkylation sites (tertiary alicyclic amines) is 1. The highest BCUT2D eigenvalue weighted by atomic mass is 35.5. The number of nitrogens with zero attached hydrogens (tertiary/aromatic N) is 2. The molecule has 4 aliphatic rings. The minimum Gasteiger partial charge on any atom is -0.507 e. The smallest absolute Gasteiger partial charge is 0.202 e. The molecule has 6 atom stereocenters. The number of aliphatic imine (C=N–C) groups is 1. The fourth-order valence-corrected chi connectivity index (χ4v) is 7.09. The molecule has 2 aromatic rings. The van der Waals surface area contributed by atoms with Gasteiger partial charge in [-0.1, -0.05) is 12.1 Å². The van der Waals surface area contributed by atoms with Gasteiger partial charge in [0.05, 0.1) is 47.9 Å². The zero-order valence-corrected chi connectivity index (χ0v) is 26.9. The highest BCUT2D eigenvalue weighted by Crippen LogP contribution is 2.52. The summed E-state index contributed by atoms with van der Waals surface area (Å²) in [5.74, 6) is -2.32. The van der Waals surface area contributed by atoms with Crippen molar-refractivity contribution in [2.45, 2.75) is 89.1 Å². The molecular formula is C33H39ClN2O10. The summed E-state index contributed by atoms with van der Waals surface area (Å²) < 4.78 is 17.6. The van der Waals surface area contributed by atoms with Gasteiger partial charge < -0.3 is 39.5 Å². The lowest BCUT2D eigenvalue weighted by Gasteiger charge is -2.42. The van der Waals surface area contributed by atoms with Gasteiger partial charge in [0, 0.05) is 49.0 Å². The largest absolute Gasteiger partial charge is 0.507 e. The number of ether oxygens (including phenoxy) is 3. The van der Waals surface area contributed by atoms with Crippen molar-refractivity contribution in [2.24, 2.45) is 4.99 Å². The molecule has 6 rings (SSSR count). The number of aromatic hydroxyl groups is 2. The number of hydrogen-bond donors (Lipinski definition) is 4. The monoisotopic (exact) mass is 658 g/mol. The summed E-state index contributed by atoms with van der Waals surface area (Å²) in [6, 6.07) is 3.90. The molecule has 0 aromatic heterocycles. The number of phenols is 2. The van der Waals surface area contributed by atoms with E-state index in [2.05, 4.69) is 4.90 Å². The first-order valence-electron chi connectivity index (χ1n) is 15.2. The van der Waals surface area contributed by atoms with Gasteiger partial charge in [0.1, 0.15) is 29.0 Å². The quantitative estimate of drug-likeness (QED) is 0.180. The van der Waals surface area contributed by atoms with Gasteiger partial charge in [0.25, 0.3) is 0 Å². The molecule has 2 aliphatic carbocycles. The molecule has 12 nitrogen and oxygen atoms in total. The molecular weight excluding hydrogens is 620 g/mol. The third-order valence-corrected chi connectivity index (χ3v) is 9.64. The molecule has 2 heterocycles. The van der Waals surface area contributed by atoms with Crippen LogP contribution in [0.2, 0.25) is 0 Å². The number of Topliss-reactive ketones (excluding diaryl/α,β-unsaturated/α-hetero) is 1. The molecule has 2 aliphatic heterocycles. The minimum atomic E-state index is -2.01. The lowest BCUT2D eigenvalue weighted by molar-refractivity contribution is -0.247. The summed E-state index contributed by atoms with van der Waals surface area (Å²) >= 11 is 0. The van der Waals surface area contributed by atoms with Gasteiger partial charge in [-0.15, -0.1) is 12.4 Å². The lowest BCUT2D eigenvalue weighted by Crippen LogP contribution is -2.49. The van der Waals surface area contributed by atoms with Crippen LogP contribution in [0, 0.1) is 0 Å². The van der Waals surface area contributed by atoms with Crippen LogP contribution in [0.5, 0.6) is 17.2 Å². The standard InChI is InChI=1S/C33H38N2O10.ClH/c1-15-28(37)20(34-17(3)35-10-5-6-11-35)12-23(44-15)45-22-14-33(42,16(2)36)13-19-25(22)32(41)27-26(30(19)39)29(38)18-8-7-9-21(43-4)24(18)31(27)40;/h7-9,15,20,22-23,28,37,39,41-42H,5-6,10-14H2,1-4H3;1H/t15?,20-,22-,23?,28?,33?;/m0./s1. The van der Waals surface area contributed by atoms with E-state index in [4.69, 9.17) is 19.2 Å². The van der Waals surface area contributed by atoms with Gasteiger partial charge >= 0.3 is 0 Å². The molecule has 0 spiro atoms. The summed E-state index contributed by atoms with van der Waals surface area (Å²) in [6.45, 7) is 6.56. The number of benzene rings is 2. The highest BCUT2D eigenvalue weighted by molar-refractivity contribution is 6.31. The van der Waals surface area contributed by atoms with Crippen molar-refractivity contribution < 1.29 is 49.0 Å². The molecule has 0 bridgehead atoms. The second-order valence-electron chi connectivity index (χ2n) is 12.4. The van der Waals surface area contributed by atoms with Crippen LogP contribution < -0.4 is 4.74 Å². The fourth-order valence-electron chi connectivity index (χ4n) is 7.09. The van der Waals surface area contributed by atoms with Gasteiger partial charge in [-0.3, -0.25) is 19.4 Å². The van der Waals surface area contributed by atoms with Gasteiger partial charge in [0.15, 0.2) is 17.9 Å². The van der Waals surface area contributed by atoms with E-state index >= 15 is 0 Å². The lowest BCUT2D eigenvalue weighted by atomic mass is 9.72. The van der Waals surface area contributed by atoms with Gasteiger partial charge in [-0.05, 0) is 39.7 Å². The molecule has 0 radical (unpaired) electrons. The first-order chi connectivity index (χ1) is 21.4. The van der Waals surface area contributed by atoms with Crippen molar-refractivity contribution in [3.8, 4) is 17.2 Å². The summed E-state index contributed by atoms with van der Waals surface area (Å²) in [6.07, 6.45) is -2.31. The number of carbonyl (C=O) groups excluding carboxylic acids is 3. The van der Waals surface area contributed by atoms with E-state index in [1.807, 2.05) is 6.92 Å². The Hall–Kier alpha value is -3.55. The van der Waals surface area contributed by atoms with Gasteiger partial charge in [-0.2, -0.15) is 0 Å². The van der Waals surface area contributed by atoms with E-state index in [-0.39, 0.29) is 53.3 Å². The van der Waals surface area contributed by atoms with Crippen molar-refractivity contribution in [1.29, 1.82) is 0 Å². The maximum Gasteiger partial charge on any atom is 0.202 e. The highest BCUT2D eigenvalue weighted by Gasteiger charge is 2.49. The predicted molar refractivity (Wildman–Crippen MR) is 167 cm³/mol. The number of phenolic OH excluding ortho intramolecular Hbond substituents is 2. The SMILES string of the molecule is COc1cccc2c1C(=O)c1c(O)c3c(c(O)c1C2=O)CC(O)(C(C)=O)C[C@@H]3OC1C[C@H](N=C(C)N2CCCC2)C(O)C(C)O1.Cl. The molecule has 13 heteroatoms. The second-order valence-corrected chi connectivity index (χ2v) is 12.4. The number of carbonyl (C=O) groups is 3. The molecule has 2 aromatic carbocycles. The van der Waals surface area contributed by atoms with Crippen molar-refractivity contribution in [2.75, 3.05) is 20.2 Å². The van der Waals surface area contributed by atoms with E-state index < -0.39 is 82.6 Å². The first kappa shape index (κ1) is 33.8. The van der Waals surface area contributed by atoms with Crippen molar-refractivity contribution in [3.63, 3.8) is 0 Å². The van der Waals surface area contributed by atoms with Crippen LogP contribution >= 0.6 is 12.4 Å². The first-order valence-corrected chi connectivity index (χ1v) is 15.2. The summed E-state index contributed by atoms with van der Waals surface area (Å²) in [5, 5.41) is 45.6. The van der Waals surface area contributed by atoms with Gasteiger partial charge in [-0.25, -0.2) is 0 Å². The van der Waals surface area contributed by atoms with E-state index in [0.717, 1.165) is 31.8 Å². The molecule has 2 saturated heterocycles. The van der Waals surface area contributed by atoms with E-state index in [0.29, 0.717) is 0 Å². The Morgan fingerprint density at radius 1 is 1.07 bits per heavy atom. The van der Waals surface area contributed by atoms with E-state index in [1.54, 1.807) is 6.92 Å². The topological polar surface area (TPSA) is 175 Å². The Labute approximate surface area is 272 Å². The number of aliphatic hydroxyl groups is 2. The van der Waals surface area contributed by atoms with Crippen molar-refractivity contribution in [1.82, 2.24) is 4.90 Å². The van der Waals surface area contributed by atoms with Crippen LogP contribution in [0.3, 0.4) is 0 Å². The number of amidine groups is 1. The Balaban J connectivity index is 0.00000417. The average molecular weight is 659 g/mol. The fraction of sp³-hybridized carbons (Fsp3) is 0.515. The Morgan fingerprint density at radius 3 is 2.39 bits per heavy atom. The number of rotatable bonds is 5. The normalized spacial score (nSPS) is 29.0. The molecule has 46 heavy (non-hydrogen) atoms. The Kier molecular flexibility index (Phi) is 9.24. The summed E-state index contributed by atoms with van der Waals surface area (Å²) in [7, 11) is 1.35. The number of ketones is 3. The zero-order valence-electron chi connectivity index (χ0n) is 26.1. The zero-order chi connectivity index (χ0) is 32.4. The van der Waals surface area contributed by atoms with Crippen LogP contribution in [0.4, 0.5) is 0 Å². The molecule has 0 saturated carbocycles. The maximum absolute atomic E-state index is 13.8. The molecule has 248 valence electrons. The number of fused-ring (bicyclic) bond motifs is 3. The van der Waals surface area contributed by atoms with Crippen LogP contribution in [-0.4, -0.2) is 98.9 Å². The van der Waals surface area contributed by atoms with Crippen LogP contribution in [0.25, 0.3) is 0 Å². The molecule has 4 unspecified atom stereocenters. The number of aliphatic hydroxyl groups excluding tert-OH is 1. The van der Waals surface area contributed by atoms with Crippen molar-refractivity contribution >= 4 is 35.6 Å². The number of methoxy groups -OCH3 is 1. The number of halogens is 1. The number of hydrogen-bond acceptors (Lipinski definition) is 11. The van der Waals surface area contributed by atoms with Crippen LogP contribution in [0.1, 0.15) is 95.5 Å². The molecule has 4 N–H and O–H groups in total. The van der Waals surface area contributed by atoms with E-state index in [1.165, 1.54) is 32.2 Å². The Bertz CT molecular complexity index is 1620. The van der Waals surface area contributed by atoms with E-state index in [9.17, 15) is 34.8 Å². The molecule has 2 fully saturated rings. The minimum absolute atomic E-state index is 0. The molecule has 0 amide bonds. The average Bonchev–Trinajstić information content (AvgIpc) is 3.55. The third kappa shape index (κ3) is 5.45. The summed E-state index contributed by atoms with van der Waals surface area (Å²) in [5.41, 5.74) is -2.99. The maximum atomic E-state index is 13.8. The van der Waals surface area contributed by atoms with Crippen molar-refractivity contribution in [3.05, 3.63) is 51.6 Å². The van der Waals surface area contributed by atoms with Crippen LogP contribution in [-0.2, 0) is 20.7 Å². The third-order valence-electron chi connectivity index (χ3n) is 9.64. The van der Waals surface area contributed by atoms with Crippen LogP contribution in [0.15, 0.2) is 23.2 Å². The predicted octanol–water partition coefficient (Wildman–Crippen LogP) is 3.01. The Morgan fingerprint density at radius 2 is 1.74 bits per heavy atom. The van der Waals surface area contributed by atoms with Gasteiger partial charge in [0.2, 0.25) is 5.78 Å².